The minimum absolute atomic E-state index is 0.784. The molecule has 14 heavy (non-hydrogen) atoms. The summed E-state index contributed by atoms with van der Waals surface area (Å²) in [6.45, 7) is 3.69. The Morgan fingerprint density at radius 1 is 1.43 bits per heavy atom. The molecular weight excluding hydrogens is 198 g/mol. The molecule has 0 heterocycles. The Morgan fingerprint density at radius 3 is 2.86 bits per heavy atom. The van der Waals surface area contributed by atoms with Crippen LogP contribution in [-0.4, -0.2) is 20.3 Å². The first kappa shape index (κ1) is 11.3. The third kappa shape index (κ3) is 3.56. The van der Waals surface area contributed by atoms with Crippen LogP contribution in [0, 0.1) is 6.92 Å². The van der Waals surface area contributed by atoms with Crippen LogP contribution in [-0.2, 0) is 4.74 Å². The second kappa shape index (κ2) is 5.89. The first-order chi connectivity index (χ1) is 6.74. The summed E-state index contributed by atoms with van der Waals surface area (Å²) in [6.07, 6.45) is 1.00. The Bertz CT molecular complexity index is 289. The van der Waals surface area contributed by atoms with Crippen LogP contribution in [0.2, 0.25) is 5.02 Å². The van der Waals surface area contributed by atoms with Crippen molar-refractivity contribution < 1.29 is 4.74 Å². The van der Waals surface area contributed by atoms with Gasteiger partial charge < -0.3 is 10.1 Å². The third-order valence-electron chi connectivity index (χ3n) is 2.03. The van der Waals surface area contributed by atoms with Crippen molar-refractivity contribution in [2.24, 2.45) is 0 Å². The number of hydrogen-bond acceptors (Lipinski definition) is 2. The number of rotatable bonds is 5. The normalized spacial score (nSPS) is 10.2. The molecule has 0 fully saturated rings. The number of halogens is 1. The lowest BCUT2D eigenvalue weighted by Gasteiger charge is -2.07. The van der Waals surface area contributed by atoms with Crippen molar-refractivity contribution in [3.8, 4) is 0 Å². The quantitative estimate of drug-likeness (QED) is 0.759. The molecule has 1 rings (SSSR count). The molecule has 0 radical (unpaired) electrons. The number of ether oxygens (including phenoxy) is 1. The number of anilines is 1. The zero-order valence-corrected chi connectivity index (χ0v) is 9.40. The third-order valence-corrected chi connectivity index (χ3v) is 2.43. The summed E-state index contributed by atoms with van der Waals surface area (Å²) in [5, 5.41) is 4.09. The van der Waals surface area contributed by atoms with Crippen LogP contribution in [0.15, 0.2) is 18.2 Å². The maximum atomic E-state index is 5.99. The predicted octanol–water partition coefficient (Wildman–Crippen LogP) is 3.10. The lowest BCUT2D eigenvalue weighted by molar-refractivity contribution is 0.198. The van der Waals surface area contributed by atoms with E-state index in [1.165, 1.54) is 0 Å². The van der Waals surface area contributed by atoms with Gasteiger partial charge in [0.2, 0.25) is 0 Å². The lowest BCUT2D eigenvalue weighted by Crippen LogP contribution is -2.04. The van der Waals surface area contributed by atoms with E-state index >= 15 is 0 Å². The minimum Gasteiger partial charge on any atom is -0.385 e. The molecule has 0 saturated heterocycles. The smallest absolute Gasteiger partial charge is 0.0479 e. The molecule has 1 aromatic carbocycles. The Morgan fingerprint density at radius 2 is 2.21 bits per heavy atom. The second-order valence-corrected chi connectivity index (χ2v) is 3.64. The van der Waals surface area contributed by atoms with Gasteiger partial charge in [0.15, 0.2) is 0 Å². The van der Waals surface area contributed by atoms with E-state index < -0.39 is 0 Å². The fourth-order valence-electron chi connectivity index (χ4n) is 1.15. The van der Waals surface area contributed by atoms with Gasteiger partial charge in [0, 0.05) is 31.0 Å². The highest BCUT2D eigenvalue weighted by atomic mass is 35.5. The summed E-state index contributed by atoms with van der Waals surface area (Å²) in [5.41, 5.74) is 2.17. The van der Waals surface area contributed by atoms with Crippen LogP contribution in [0.3, 0.4) is 0 Å². The first-order valence-corrected chi connectivity index (χ1v) is 5.11. The van der Waals surface area contributed by atoms with Crippen LogP contribution in [0.5, 0.6) is 0 Å². The number of benzene rings is 1. The first-order valence-electron chi connectivity index (χ1n) is 4.73. The van der Waals surface area contributed by atoms with Crippen LogP contribution in [0.4, 0.5) is 5.69 Å². The van der Waals surface area contributed by atoms with Crippen molar-refractivity contribution in [2.75, 3.05) is 25.6 Å². The van der Waals surface area contributed by atoms with E-state index in [0.717, 1.165) is 35.8 Å². The molecule has 1 N–H and O–H groups in total. The fourth-order valence-corrected chi connectivity index (χ4v) is 1.33. The van der Waals surface area contributed by atoms with Gasteiger partial charge in [-0.1, -0.05) is 17.7 Å². The molecule has 0 unspecified atom stereocenters. The SMILES string of the molecule is COCCCNc1ccc(C)c(Cl)c1. The van der Waals surface area contributed by atoms with Gasteiger partial charge in [0.25, 0.3) is 0 Å². The van der Waals surface area contributed by atoms with E-state index in [-0.39, 0.29) is 0 Å². The van der Waals surface area contributed by atoms with Crippen molar-refractivity contribution in [3.63, 3.8) is 0 Å². The van der Waals surface area contributed by atoms with Gasteiger partial charge in [-0.3, -0.25) is 0 Å². The van der Waals surface area contributed by atoms with Crippen molar-refractivity contribution >= 4 is 17.3 Å². The standard InChI is InChI=1S/C11H16ClNO/c1-9-4-5-10(8-11(9)12)13-6-3-7-14-2/h4-5,8,13H,3,6-7H2,1-2H3. The molecule has 0 aliphatic rings. The zero-order chi connectivity index (χ0) is 10.4. The van der Waals surface area contributed by atoms with E-state index in [4.69, 9.17) is 16.3 Å². The molecule has 0 spiro atoms. The van der Waals surface area contributed by atoms with E-state index in [2.05, 4.69) is 5.32 Å². The Labute approximate surface area is 90.2 Å². The molecule has 78 valence electrons. The van der Waals surface area contributed by atoms with Crippen molar-refractivity contribution in [2.45, 2.75) is 13.3 Å². The average Bonchev–Trinajstić information content (AvgIpc) is 2.18. The molecule has 3 heteroatoms. The molecule has 0 atom stereocenters. The van der Waals surface area contributed by atoms with Crippen molar-refractivity contribution in [3.05, 3.63) is 28.8 Å². The fraction of sp³-hybridized carbons (Fsp3) is 0.455. The summed E-state index contributed by atoms with van der Waals surface area (Å²) < 4.78 is 4.96. The Kier molecular flexibility index (Phi) is 4.77. The van der Waals surface area contributed by atoms with Gasteiger partial charge in [0.05, 0.1) is 0 Å². The molecule has 0 aromatic heterocycles. The van der Waals surface area contributed by atoms with Gasteiger partial charge in [-0.05, 0) is 31.0 Å². The minimum atomic E-state index is 0.784. The molecule has 0 aliphatic heterocycles. The Balaban J connectivity index is 2.39. The van der Waals surface area contributed by atoms with Crippen molar-refractivity contribution in [1.82, 2.24) is 0 Å². The summed E-state index contributed by atoms with van der Waals surface area (Å²) in [6, 6.07) is 6.00. The van der Waals surface area contributed by atoms with E-state index in [1.54, 1.807) is 7.11 Å². The molecule has 2 nitrogen and oxygen atoms in total. The highest BCUT2D eigenvalue weighted by Gasteiger charge is 1.96. The average molecular weight is 214 g/mol. The maximum absolute atomic E-state index is 5.99. The van der Waals surface area contributed by atoms with Gasteiger partial charge in [-0.2, -0.15) is 0 Å². The highest BCUT2D eigenvalue weighted by molar-refractivity contribution is 6.31. The number of methoxy groups -OCH3 is 1. The van der Waals surface area contributed by atoms with Crippen LogP contribution in [0.25, 0.3) is 0 Å². The van der Waals surface area contributed by atoms with Gasteiger partial charge in [-0.25, -0.2) is 0 Å². The van der Waals surface area contributed by atoms with E-state index in [9.17, 15) is 0 Å². The molecule has 0 saturated carbocycles. The second-order valence-electron chi connectivity index (χ2n) is 3.24. The molecular formula is C11H16ClNO. The van der Waals surface area contributed by atoms with Crippen LogP contribution in [0.1, 0.15) is 12.0 Å². The molecule has 0 bridgehead atoms. The van der Waals surface area contributed by atoms with E-state index in [1.807, 2.05) is 25.1 Å². The van der Waals surface area contributed by atoms with Gasteiger partial charge >= 0.3 is 0 Å². The highest BCUT2D eigenvalue weighted by Crippen LogP contribution is 2.19. The number of nitrogens with one attached hydrogen (secondary N) is 1. The van der Waals surface area contributed by atoms with Gasteiger partial charge in [-0.15, -0.1) is 0 Å². The van der Waals surface area contributed by atoms with Gasteiger partial charge in [0.1, 0.15) is 0 Å². The molecule has 1 aromatic rings. The molecule has 0 aliphatic carbocycles. The Hall–Kier alpha value is -0.730. The van der Waals surface area contributed by atoms with Crippen molar-refractivity contribution in [1.29, 1.82) is 0 Å². The lowest BCUT2D eigenvalue weighted by atomic mass is 10.2. The summed E-state index contributed by atoms with van der Waals surface area (Å²) >= 11 is 5.99. The zero-order valence-electron chi connectivity index (χ0n) is 8.64. The summed E-state index contributed by atoms with van der Waals surface area (Å²) in [7, 11) is 1.71. The summed E-state index contributed by atoms with van der Waals surface area (Å²) in [4.78, 5) is 0. The topological polar surface area (TPSA) is 21.3 Å². The molecule has 0 amide bonds. The van der Waals surface area contributed by atoms with Crippen LogP contribution >= 0.6 is 11.6 Å². The maximum Gasteiger partial charge on any atom is 0.0479 e. The predicted molar refractivity (Wildman–Crippen MR) is 61.2 cm³/mol. The van der Waals surface area contributed by atoms with E-state index in [0.29, 0.717) is 0 Å². The summed E-state index contributed by atoms with van der Waals surface area (Å²) in [5.74, 6) is 0. The number of aryl methyl sites for hydroxylation is 1. The van der Waals surface area contributed by atoms with Crippen LogP contribution < -0.4 is 5.32 Å². The monoisotopic (exact) mass is 213 g/mol. The number of hydrogen-bond donors (Lipinski definition) is 1. The largest absolute Gasteiger partial charge is 0.385 e.